The van der Waals surface area contributed by atoms with Gasteiger partial charge in [0.1, 0.15) is 11.5 Å². The molecule has 1 aliphatic carbocycles. The van der Waals surface area contributed by atoms with Gasteiger partial charge in [-0.1, -0.05) is 12.1 Å². The number of fused-ring (bicyclic) bond motifs is 3. The van der Waals surface area contributed by atoms with E-state index in [4.69, 9.17) is 0 Å². The second kappa shape index (κ2) is 8.21. The number of H-pyrrole nitrogens is 1. The minimum Gasteiger partial charge on any atom is -0.349 e. The smallest absolute Gasteiger partial charge is 0.251 e. The molecule has 186 valence electrons. The van der Waals surface area contributed by atoms with Gasteiger partial charge >= 0.3 is 0 Å². The van der Waals surface area contributed by atoms with E-state index in [1.165, 1.54) is 6.20 Å². The zero-order valence-corrected chi connectivity index (χ0v) is 20.4. The summed E-state index contributed by atoms with van der Waals surface area (Å²) >= 11 is 0. The monoisotopic (exact) mass is 495 g/mol. The predicted molar refractivity (Wildman–Crippen MR) is 139 cm³/mol. The van der Waals surface area contributed by atoms with Gasteiger partial charge in [-0.25, -0.2) is 9.37 Å². The molecule has 9 heteroatoms. The zero-order valence-electron chi connectivity index (χ0n) is 20.4. The number of amides is 1. The van der Waals surface area contributed by atoms with Crippen LogP contribution in [0.15, 0.2) is 55.1 Å². The standard InChI is InChI=1S/C28H26FN7O/c1-36-14-18(11-33-36)21-9-19-22(13-31-21)34-26-25(19)24(20(29)12-32-26)16-3-5-17(6-4-16)27(37)35-23-10-28(23)7-2-8-30-15-28/h3-6,9,11-14,23,30H,2,7-8,10,15H2,1H3,(H,32,34)(H,35,37)/t23-,28-/m1/s1. The molecule has 0 radical (unpaired) electrons. The van der Waals surface area contributed by atoms with Crippen LogP contribution in [0.3, 0.4) is 0 Å². The number of hydrogen-bond acceptors (Lipinski definition) is 5. The molecule has 4 aromatic heterocycles. The highest BCUT2D eigenvalue weighted by Crippen LogP contribution is 2.50. The van der Waals surface area contributed by atoms with Gasteiger partial charge in [-0.15, -0.1) is 0 Å². The third kappa shape index (κ3) is 3.69. The summed E-state index contributed by atoms with van der Waals surface area (Å²) in [6.07, 6.45) is 9.95. The van der Waals surface area contributed by atoms with Crippen molar-refractivity contribution in [1.82, 2.24) is 35.4 Å². The molecule has 2 atom stereocenters. The quantitative estimate of drug-likeness (QED) is 0.347. The topological polar surface area (TPSA) is 101 Å². The third-order valence-electron chi connectivity index (χ3n) is 7.90. The molecule has 2 aliphatic rings. The van der Waals surface area contributed by atoms with Gasteiger partial charge in [0.2, 0.25) is 0 Å². The predicted octanol–water partition coefficient (Wildman–Crippen LogP) is 4.19. The van der Waals surface area contributed by atoms with Crippen LogP contribution in [0.1, 0.15) is 29.6 Å². The van der Waals surface area contributed by atoms with Crippen molar-refractivity contribution >= 4 is 27.8 Å². The van der Waals surface area contributed by atoms with Crippen molar-refractivity contribution in [3.8, 4) is 22.4 Å². The molecule has 1 aromatic carbocycles. The van der Waals surface area contributed by atoms with Crippen molar-refractivity contribution in [3.63, 3.8) is 0 Å². The normalized spacial score (nSPS) is 21.1. The number of nitrogens with zero attached hydrogens (tertiary/aromatic N) is 4. The van der Waals surface area contributed by atoms with E-state index in [1.54, 1.807) is 41.3 Å². The fraction of sp³-hybridized carbons (Fsp3) is 0.286. The van der Waals surface area contributed by atoms with Crippen LogP contribution in [-0.4, -0.2) is 49.8 Å². The van der Waals surface area contributed by atoms with Crippen molar-refractivity contribution in [3.05, 3.63) is 66.5 Å². The first-order valence-electron chi connectivity index (χ1n) is 12.6. The molecule has 5 heterocycles. The second-order valence-corrected chi connectivity index (χ2v) is 10.3. The van der Waals surface area contributed by atoms with E-state index in [0.717, 1.165) is 54.5 Å². The number of pyridine rings is 2. The molecule has 0 bridgehead atoms. The SMILES string of the molecule is Cn1cc(-c2cc3c(cn2)[nH]c2ncc(F)c(-c4ccc(C(=O)N[C@@H]5C[C@@]56CCCNC6)cc4)c23)cn1. The van der Waals surface area contributed by atoms with Crippen LogP contribution in [0.5, 0.6) is 0 Å². The number of aromatic nitrogens is 5. The van der Waals surface area contributed by atoms with Crippen LogP contribution in [0, 0.1) is 11.2 Å². The first-order valence-corrected chi connectivity index (χ1v) is 12.6. The van der Waals surface area contributed by atoms with E-state index in [1.807, 2.05) is 19.3 Å². The van der Waals surface area contributed by atoms with Gasteiger partial charge in [0, 0.05) is 58.7 Å². The highest BCUT2D eigenvalue weighted by Gasteiger charge is 2.54. The molecule has 5 aromatic rings. The first kappa shape index (κ1) is 22.1. The minimum atomic E-state index is -0.421. The molecule has 1 spiro atoms. The number of aromatic amines is 1. The molecule has 2 fully saturated rings. The summed E-state index contributed by atoms with van der Waals surface area (Å²) in [4.78, 5) is 25.0. The van der Waals surface area contributed by atoms with Crippen LogP contribution in [0.4, 0.5) is 4.39 Å². The lowest BCUT2D eigenvalue weighted by molar-refractivity contribution is 0.0943. The molecule has 37 heavy (non-hydrogen) atoms. The fourth-order valence-corrected chi connectivity index (χ4v) is 5.77. The molecule has 1 amide bonds. The van der Waals surface area contributed by atoms with Crippen molar-refractivity contribution < 1.29 is 9.18 Å². The first-order chi connectivity index (χ1) is 18.0. The highest BCUT2D eigenvalue weighted by molar-refractivity contribution is 6.13. The van der Waals surface area contributed by atoms with Crippen LogP contribution < -0.4 is 10.6 Å². The third-order valence-corrected chi connectivity index (χ3v) is 7.90. The number of benzene rings is 1. The second-order valence-electron chi connectivity index (χ2n) is 10.3. The van der Waals surface area contributed by atoms with Crippen LogP contribution in [0.2, 0.25) is 0 Å². The Hall–Kier alpha value is -4.11. The van der Waals surface area contributed by atoms with Gasteiger partial charge in [-0.2, -0.15) is 5.10 Å². The highest BCUT2D eigenvalue weighted by atomic mass is 19.1. The van der Waals surface area contributed by atoms with E-state index in [2.05, 4.69) is 30.7 Å². The van der Waals surface area contributed by atoms with E-state index >= 15 is 4.39 Å². The number of nitrogens with one attached hydrogen (secondary N) is 3. The van der Waals surface area contributed by atoms with Crippen LogP contribution in [-0.2, 0) is 7.05 Å². The van der Waals surface area contributed by atoms with Crippen molar-refractivity contribution in [2.24, 2.45) is 12.5 Å². The summed E-state index contributed by atoms with van der Waals surface area (Å²) in [5.41, 5.74) is 4.89. The Kier molecular flexibility index (Phi) is 4.91. The summed E-state index contributed by atoms with van der Waals surface area (Å²) in [6, 6.07) is 9.30. The van der Waals surface area contributed by atoms with Crippen molar-refractivity contribution in [1.29, 1.82) is 0 Å². The summed E-state index contributed by atoms with van der Waals surface area (Å²) in [6.45, 7) is 2.03. The lowest BCUT2D eigenvalue weighted by Gasteiger charge is -2.23. The maximum atomic E-state index is 15.3. The summed E-state index contributed by atoms with van der Waals surface area (Å²) in [7, 11) is 1.85. The molecule has 1 aliphatic heterocycles. The van der Waals surface area contributed by atoms with Gasteiger partial charge < -0.3 is 15.6 Å². The van der Waals surface area contributed by atoms with Gasteiger partial charge in [-0.05, 0) is 49.6 Å². The Morgan fingerprint density at radius 3 is 2.78 bits per heavy atom. The molecule has 7 rings (SSSR count). The summed E-state index contributed by atoms with van der Waals surface area (Å²) in [5, 5.41) is 12.4. The number of hydrogen-bond donors (Lipinski definition) is 3. The number of carbonyl (C=O) groups is 1. The lowest BCUT2D eigenvalue weighted by atomic mass is 9.95. The Bertz CT molecular complexity index is 1660. The van der Waals surface area contributed by atoms with E-state index < -0.39 is 5.82 Å². The molecular weight excluding hydrogens is 469 g/mol. The zero-order chi connectivity index (χ0) is 25.1. The number of carbonyl (C=O) groups excluding carboxylic acids is 1. The Morgan fingerprint density at radius 2 is 2.03 bits per heavy atom. The molecule has 0 unspecified atom stereocenters. The summed E-state index contributed by atoms with van der Waals surface area (Å²) in [5.74, 6) is -0.506. The van der Waals surface area contributed by atoms with Crippen LogP contribution >= 0.6 is 0 Å². The molecule has 1 saturated carbocycles. The van der Waals surface area contributed by atoms with Gasteiger partial charge in [0.05, 0.1) is 29.8 Å². The number of halogens is 1. The number of rotatable bonds is 4. The molecule has 8 nitrogen and oxygen atoms in total. The van der Waals surface area contributed by atoms with E-state index in [0.29, 0.717) is 27.7 Å². The average Bonchev–Trinajstić information content (AvgIpc) is 3.22. The van der Waals surface area contributed by atoms with E-state index in [9.17, 15) is 4.79 Å². The Labute approximate surface area is 212 Å². The molecule has 1 saturated heterocycles. The average molecular weight is 496 g/mol. The maximum absolute atomic E-state index is 15.3. The maximum Gasteiger partial charge on any atom is 0.251 e. The molecular formula is C28H26FN7O. The van der Waals surface area contributed by atoms with Crippen molar-refractivity contribution in [2.45, 2.75) is 25.3 Å². The van der Waals surface area contributed by atoms with Gasteiger partial charge in [0.25, 0.3) is 5.91 Å². The largest absolute Gasteiger partial charge is 0.349 e. The lowest BCUT2D eigenvalue weighted by Crippen LogP contribution is -2.38. The van der Waals surface area contributed by atoms with Gasteiger partial charge in [0.15, 0.2) is 0 Å². The molecule has 3 N–H and O–H groups in total. The number of piperidine rings is 1. The number of aryl methyl sites for hydroxylation is 1. The minimum absolute atomic E-state index is 0.0846. The Balaban J connectivity index is 1.23. The van der Waals surface area contributed by atoms with Crippen LogP contribution in [0.25, 0.3) is 44.3 Å². The Morgan fingerprint density at radius 1 is 1.16 bits per heavy atom. The fourth-order valence-electron chi connectivity index (χ4n) is 5.77. The van der Waals surface area contributed by atoms with Gasteiger partial charge in [-0.3, -0.25) is 14.5 Å². The van der Waals surface area contributed by atoms with E-state index in [-0.39, 0.29) is 17.4 Å². The summed E-state index contributed by atoms with van der Waals surface area (Å²) < 4.78 is 17.0. The van der Waals surface area contributed by atoms with Crippen molar-refractivity contribution in [2.75, 3.05) is 13.1 Å².